The summed E-state index contributed by atoms with van der Waals surface area (Å²) in [7, 11) is -4.23. The van der Waals surface area contributed by atoms with Gasteiger partial charge < -0.3 is 51.0 Å². The third-order valence-electron chi connectivity index (χ3n) is 11.3. The number of halogens is 2. The molecule has 10 N–H and O–H groups in total. The van der Waals surface area contributed by atoms with E-state index in [0.29, 0.717) is 57.1 Å². The molecule has 0 unspecified atom stereocenters. The largest absolute Gasteiger partial charge is 0.508 e. The maximum Gasteiger partial charge on any atom is 0.340 e. The molecule has 3 aliphatic heterocycles. The molecule has 21 nitrogen and oxygen atoms in total. The first-order valence-electron chi connectivity index (χ1n) is 20.8. The number of anilines is 2. The SMILES string of the molecule is NS(=O)(=O)c1nnc(NC(=O)N2C[C@H](NC(=O)Cc3ccc(Cl)cc3Cl)C[C@@H]2C(=O)N[C@@H](CCCCNC(=S)Nc2ccc3c(c2)C(=O)OC32c3ccc(O)cc3Oc3cc(O)ccc32)C(=O)O)s1. The molecule has 0 radical (unpaired) electrons. The molecule has 5 aromatic rings. The fourth-order valence-corrected chi connectivity index (χ4v) is 10.2. The summed E-state index contributed by atoms with van der Waals surface area (Å²) in [4.78, 5) is 67.3. The van der Waals surface area contributed by atoms with Crippen LogP contribution in [0.1, 0.15) is 58.3 Å². The zero-order valence-electron chi connectivity index (χ0n) is 35.5. The lowest BCUT2D eigenvalue weighted by molar-refractivity contribution is -0.142. The van der Waals surface area contributed by atoms with Gasteiger partial charge in [0.2, 0.25) is 21.3 Å². The first kappa shape index (κ1) is 48.6. The fourth-order valence-electron chi connectivity index (χ4n) is 8.23. The number of likely N-dealkylation sites (tertiary alicyclic amines) is 1. The van der Waals surface area contributed by atoms with Crippen molar-refractivity contribution in [1.82, 2.24) is 31.0 Å². The number of carbonyl (C=O) groups excluding carboxylic acids is 4. The van der Waals surface area contributed by atoms with Crippen LogP contribution >= 0.6 is 46.8 Å². The summed E-state index contributed by atoms with van der Waals surface area (Å²) in [5, 5.41) is 57.0. The number of ether oxygens (including phenoxy) is 2. The number of primary sulfonamides is 1. The topological polar surface area (TPSA) is 314 Å². The molecule has 0 aliphatic carbocycles. The van der Waals surface area contributed by atoms with Crippen LogP contribution in [0.5, 0.6) is 23.0 Å². The Bertz CT molecular complexity index is 3000. The Morgan fingerprint density at radius 2 is 1.64 bits per heavy atom. The lowest BCUT2D eigenvalue weighted by Crippen LogP contribution is -2.51. The maximum atomic E-state index is 13.8. The van der Waals surface area contributed by atoms with Gasteiger partial charge in [-0.1, -0.05) is 46.7 Å². The molecule has 1 spiro atoms. The molecule has 4 heterocycles. The minimum absolute atomic E-state index is 0.0176. The fraction of sp³-hybridized carbons (Fsp3) is 0.256. The van der Waals surface area contributed by atoms with Crippen LogP contribution in [0, 0.1) is 0 Å². The number of benzene rings is 4. The highest BCUT2D eigenvalue weighted by molar-refractivity contribution is 7.91. The monoisotopic (exact) mass is 1040 g/mol. The second-order valence-corrected chi connectivity index (χ2v) is 20.0. The number of esters is 1. The average Bonchev–Trinajstić information content (AvgIpc) is 4.00. The molecule has 1 aromatic heterocycles. The molecule has 69 heavy (non-hydrogen) atoms. The summed E-state index contributed by atoms with van der Waals surface area (Å²) in [5.41, 5.74) is 1.17. The van der Waals surface area contributed by atoms with Gasteiger partial charge in [0.1, 0.15) is 35.1 Å². The lowest BCUT2D eigenvalue weighted by Gasteiger charge is -2.36. The van der Waals surface area contributed by atoms with Gasteiger partial charge in [0.25, 0.3) is 10.0 Å². The molecule has 4 amide bonds. The van der Waals surface area contributed by atoms with Crippen molar-refractivity contribution in [3.63, 3.8) is 0 Å². The smallest absolute Gasteiger partial charge is 0.340 e. The predicted octanol–water partition coefficient (Wildman–Crippen LogP) is 4.53. The number of thiocarbonyl (C=S) groups is 1. The first-order chi connectivity index (χ1) is 32.8. The number of aromatic nitrogens is 2. The number of phenols is 2. The van der Waals surface area contributed by atoms with E-state index in [9.17, 15) is 47.7 Å². The van der Waals surface area contributed by atoms with Gasteiger partial charge in [-0.15, -0.1) is 10.2 Å². The number of phenolic OH excluding ortho intramolecular Hbond substituents is 2. The Hall–Kier alpha value is -6.83. The van der Waals surface area contributed by atoms with Gasteiger partial charge in [0.15, 0.2) is 10.7 Å². The molecule has 0 bridgehead atoms. The number of sulfonamides is 1. The van der Waals surface area contributed by atoms with E-state index in [0.717, 1.165) is 4.90 Å². The Labute approximate surface area is 411 Å². The normalized spacial score (nSPS) is 16.8. The van der Waals surface area contributed by atoms with Gasteiger partial charge in [0.05, 0.1) is 12.0 Å². The van der Waals surface area contributed by atoms with Gasteiger partial charge in [0, 0.05) is 63.7 Å². The van der Waals surface area contributed by atoms with E-state index in [-0.39, 0.29) is 76.2 Å². The van der Waals surface area contributed by atoms with Crippen molar-refractivity contribution in [1.29, 1.82) is 0 Å². The standard InChI is InChI=1S/C43H39Cl2N9O12S3/c44-21-5-4-20(30(45)14-21)13-35(57)48-23-16-32(54(19-23)41(62)51-40-52-53-42(68-40)69(46,63)64)36(58)50-31(37(59)60)3-1-2-12-47-39(67)49-22-6-9-27-26(15-22)38(61)66-43(27)28-10-7-24(55)17-33(28)65-34-18-25(56)8-11-29(34)43/h4-11,14-15,17-18,23,31-32,55-56H,1-3,12-13,16,19H2,(H,48,57)(H,50,58)(H,59,60)(H2,46,63,64)(H2,47,49,67)(H,51,52,62)/t23-,31+,32-/m1/s1. The highest BCUT2D eigenvalue weighted by Gasteiger charge is 2.54. The minimum atomic E-state index is -4.23. The van der Waals surface area contributed by atoms with E-state index in [1.165, 1.54) is 30.3 Å². The van der Waals surface area contributed by atoms with Gasteiger partial charge >= 0.3 is 18.0 Å². The number of aromatic hydroxyl groups is 2. The summed E-state index contributed by atoms with van der Waals surface area (Å²) in [6, 6.07) is 14.2. The Balaban J connectivity index is 0.869. The molecule has 1 saturated heterocycles. The van der Waals surface area contributed by atoms with E-state index >= 15 is 0 Å². The molecule has 26 heteroatoms. The maximum absolute atomic E-state index is 13.8. The van der Waals surface area contributed by atoms with E-state index in [1.54, 1.807) is 42.5 Å². The van der Waals surface area contributed by atoms with Crippen LogP contribution in [-0.2, 0) is 41.2 Å². The van der Waals surface area contributed by atoms with E-state index in [2.05, 4.69) is 36.8 Å². The van der Waals surface area contributed by atoms with Crippen LogP contribution in [0.4, 0.5) is 15.6 Å². The zero-order valence-corrected chi connectivity index (χ0v) is 39.5. The number of hydrogen-bond donors (Lipinski definition) is 9. The number of amides is 4. The molecule has 3 aliphatic rings. The van der Waals surface area contributed by atoms with E-state index in [4.69, 9.17) is 50.0 Å². The van der Waals surface area contributed by atoms with Gasteiger partial charge in [-0.3, -0.25) is 14.9 Å². The van der Waals surface area contributed by atoms with E-state index < -0.39 is 67.9 Å². The molecular weight excluding hydrogens is 1000 g/mol. The van der Waals surface area contributed by atoms with Crippen molar-refractivity contribution in [2.45, 2.75) is 60.2 Å². The van der Waals surface area contributed by atoms with Crippen molar-refractivity contribution in [3.8, 4) is 23.0 Å². The molecule has 360 valence electrons. The van der Waals surface area contributed by atoms with E-state index in [1.807, 2.05) is 0 Å². The third kappa shape index (κ3) is 10.4. The van der Waals surface area contributed by atoms with Crippen LogP contribution in [0.2, 0.25) is 10.0 Å². The predicted molar refractivity (Wildman–Crippen MR) is 253 cm³/mol. The molecular formula is C43H39Cl2N9O12S3. The number of fused-ring (bicyclic) bond motifs is 6. The summed E-state index contributed by atoms with van der Waals surface area (Å²) < 4.78 is 35.0. The van der Waals surface area contributed by atoms with Crippen molar-refractivity contribution < 1.29 is 57.2 Å². The second kappa shape index (κ2) is 19.6. The third-order valence-corrected chi connectivity index (χ3v) is 14.3. The van der Waals surface area contributed by atoms with Gasteiger partial charge in [-0.05, 0) is 92.0 Å². The number of unbranched alkanes of at least 4 members (excludes halogenated alkanes) is 1. The molecule has 8 rings (SSSR count). The van der Waals surface area contributed by atoms with Crippen molar-refractivity contribution in [2.24, 2.45) is 5.14 Å². The summed E-state index contributed by atoms with van der Waals surface area (Å²) in [6.45, 7) is 0.0860. The molecule has 0 saturated carbocycles. The number of carboxylic acid groups (broad SMARTS) is 1. The Morgan fingerprint density at radius 3 is 2.29 bits per heavy atom. The number of nitrogens with one attached hydrogen (secondary N) is 5. The molecule has 3 atom stereocenters. The average molecular weight is 1040 g/mol. The minimum Gasteiger partial charge on any atom is -0.508 e. The summed E-state index contributed by atoms with van der Waals surface area (Å²) >= 11 is 18.2. The number of rotatable bonds is 14. The highest BCUT2D eigenvalue weighted by atomic mass is 35.5. The van der Waals surface area contributed by atoms with Crippen molar-refractivity contribution >= 4 is 102 Å². The molecule has 4 aromatic carbocycles. The number of nitrogens with zero attached hydrogens (tertiary/aromatic N) is 3. The Morgan fingerprint density at radius 1 is 0.942 bits per heavy atom. The van der Waals surface area contributed by atoms with Gasteiger partial charge in [-0.2, -0.15) is 0 Å². The second-order valence-electron chi connectivity index (χ2n) is 16.0. The van der Waals surface area contributed by atoms with Crippen LogP contribution in [-0.4, -0.2) is 105 Å². The first-order valence-corrected chi connectivity index (χ1v) is 24.3. The zero-order chi connectivity index (χ0) is 49.4. The van der Waals surface area contributed by atoms with Crippen LogP contribution < -0.4 is 36.5 Å². The van der Waals surface area contributed by atoms with Gasteiger partial charge in [-0.25, -0.2) is 27.9 Å². The van der Waals surface area contributed by atoms with Crippen LogP contribution in [0.15, 0.2) is 77.1 Å². The van der Waals surface area contributed by atoms with Crippen LogP contribution in [0.25, 0.3) is 0 Å². The number of urea groups is 1. The number of nitrogens with two attached hydrogens (primary N) is 1. The number of aliphatic carboxylic acids is 1. The number of carbonyl (C=O) groups is 5. The van der Waals surface area contributed by atoms with Crippen molar-refractivity contribution in [3.05, 3.63) is 111 Å². The summed E-state index contributed by atoms with van der Waals surface area (Å²) in [5.74, 6) is -2.94. The highest BCUT2D eigenvalue weighted by Crippen LogP contribution is 2.57. The Kier molecular flexibility index (Phi) is 13.8. The number of carboxylic acids is 1. The quantitative estimate of drug-likeness (QED) is 0.0319. The summed E-state index contributed by atoms with van der Waals surface area (Å²) in [6.07, 6.45) is 0.418. The molecule has 1 fully saturated rings. The number of hydrogen-bond acceptors (Lipinski definition) is 15. The van der Waals surface area contributed by atoms with Crippen LogP contribution in [0.3, 0.4) is 0 Å². The lowest BCUT2D eigenvalue weighted by atomic mass is 9.77. The van der Waals surface area contributed by atoms with Crippen molar-refractivity contribution in [2.75, 3.05) is 23.7 Å².